The van der Waals surface area contributed by atoms with Gasteiger partial charge in [0.25, 0.3) is 0 Å². The van der Waals surface area contributed by atoms with Crippen molar-refractivity contribution < 1.29 is 9.84 Å². The van der Waals surface area contributed by atoms with Crippen molar-refractivity contribution in [1.29, 1.82) is 0 Å². The summed E-state index contributed by atoms with van der Waals surface area (Å²) in [5.74, 6) is 1.64. The third kappa shape index (κ3) is 3.11. The summed E-state index contributed by atoms with van der Waals surface area (Å²) >= 11 is 0. The number of ether oxygens (including phenoxy) is 1. The molecule has 2 heteroatoms. The molecule has 1 fully saturated rings. The molecule has 1 N–H and O–H groups in total. The van der Waals surface area contributed by atoms with Gasteiger partial charge in [0.05, 0.1) is 12.7 Å². The van der Waals surface area contributed by atoms with Crippen molar-refractivity contribution in [3.05, 3.63) is 29.3 Å². The van der Waals surface area contributed by atoms with Crippen molar-refractivity contribution in [1.82, 2.24) is 0 Å². The Morgan fingerprint density at radius 3 is 2.95 bits per heavy atom. The van der Waals surface area contributed by atoms with Gasteiger partial charge >= 0.3 is 0 Å². The summed E-state index contributed by atoms with van der Waals surface area (Å²) in [5, 5.41) is 10.2. The van der Waals surface area contributed by atoms with Gasteiger partial charge in [0.1, 0.15) is 5.75 Å². The second-order valence-electron chi connectivity index (χ2n) is 6.04. The highest BCUT2D eigenvalue weighted by Gasteiger charge is 2.22. The topological polar surface area (TPSA) is 29.5 Å². The monoisotopic (exact) mass is 260 g/mol. The third-order valence-electron chi connectivity index (χ3n) is 4.66. The normalized spacial score (nSPS) is 20.3. The molecule has 2 nitrogen and oxygen atoms in total. The van der Waals surface area contributed by atoms with Gasteiger partial charge in [0.15, 0.2) is 0 Å². The quantitative estimate of drug-likeness (QED) is 0.878. The van der Waals surface area contributed by atoms with E-state index in [-0.39, 0.29) is 6.10 Å². The summed E-state index contributed by atoms with van der Waals surface area (Å²) in [6.07, 6.45) is 9.20. The van der Waals surface area contributed by atoms with E-state index < -0.39 is 0 Å². The summed E-state index contributed by atoms with van der Waals surface area (Å²) in [7, 11) is 0. The Kier molecular flexibility index (Phi) is 4.07. The Morgan fingerprint density at radius 2 is 2.11 bits per heavy atom. The average molecular weight is 260 g/mol. The molecule has 1 aromatic rings. The number of hydrogen-bond acceptors (Lipinski definition) is 2. The summed E-state index contributed by atoms with van der Waals surface area (Å²) in [6.45, 7) is 0.833. The number of aliphatic hydroxyl groups is 1. The van der Waals surface area contributed by atoms with Crippen LogP contribution in [0.25, 0.3) is 0 Å². The predicted molar refractivity (Wildman–Crippen MR) is 76.5 cm³/mol. The summed E-state index contributed by atoms with van der Waals surface area (Å²) in [4.78, 5) is 0. The molecule has 104 valence electrons. The maximum absolute atomic E-state index is 10.2. The fourth-order valence-electron chi connectivity index (χ4n) is 3.49. The van der Waals surface area contributed by atoms with Crippen molar-refractivity contribution >= 4 is 0 Å². The van der Waals surface area contributed by atoms with Crippen LogP contribution in [-0.4, -0.2) is 17.8 Å². The molecule has 0 aromatic heterocycles. The minimum absolute atomic E-state index is 0.0692. The lowest BCUT2D eigenvalue weighted by atomic mass is 9.95. The fourth-order valence-corrected chi connectivity index (χ4v) is 3.49. The molecule has 19 heavy (non-hydrogen) atoms. The van der Waals surface area contributed by atoms with Crippen LogP contribution in [0.2, 0.25) is 0 Å². The maximum Gasteiger partial charge on any atom is 0.122 e. The lowest BCUT2D eigenvalue weighted by Crippen LogP contribution is -2.17. The molecular weight excluding hydrogens is 236 g/mol. The first kappa shape index (κ1) is 13.0. The molecule has 1 atom stereocenters. The number of aliphatic hydroxyl groups excluding tert-OH is 1. The van der Waals surface area contributed by atoms with Gasteiger partial charge in [-0.2, -0.15) is 0 Å². The molecule has 2 aliphatic rings. The van der Waals surface area contributed by atoms with E-state index in [9.17, 15) is 5.11 Å². The van der Waals surface area contributed by atoms with Crippen LogP contribution in [0.4, 0.5) is 0 Å². The largest absolute Gasteiger partial charge is 0.493 e. The number of fused-ring (bicyclic) bond motifs is 1. The van der Waals surface area contributed by atoms with Crippen LogP contribution in [0.3, 0.4) is 0 Å². The zero-order valence-electron chi connectivity index (χ0n) is 11.6. The van der Waals surface area contributed by atoms with Gasteiger partial charge in [-0.1, -0.05) is 25.0 Å². The zero-order valence-corrected chi connectivity index (χ0v) is 11.6. The Morgan fingerprint density at radius 1 is 1.26 bits per heavy atom. The second kappa shape index (κ2) is 5.96. The Labute approximate surface area is 115 Å². The number of rotatable bonds is 5. The average Bonchev–Trinajstić information content (AvgIpc) is 3.09. The first-order chi connectivity index (χ1) is 9.33. The van der Waals surface area contributed by atoms with Gasteiger partial charge in [-0.05, 0) is 55.2 Å². The second-order valence-corrected chi connectivity index (χ2v) is 6.04. The summed E-state index contributed by atoms with van der Waals surface area (Å²) < 4.78 is 5.52. The van der Waals surface area contributed by atoms with Gasteiger partial charge in [-0.15, -0.1) is 0 Å². The smallest absolute Gasteiger partial charge is 0.122 e. The first-order valence-corrected chi connectivity index (χ1v) is 7.75. The first-order valence-electron chi connectivity index (χ1n) is 7.75. The van der Waals surface area contributed by atoms with E-state index in [4.69, 9.17) is 4.74 Å². The van der Waals surface area contributed by atoms with Gasteiger partial charge in [-0.3, -0.25) is 0 Å². The molecule has 1 aromatic carbocycles. The minimum Gasteiger partial charge on any atom is -0.493 e. The van der Waals surface area contributed by atoms with E-state index in [1.54, 1.807) is 0 Å². The molecule has 3 rings (SSSR count). The molecule has 0 bridgehead atoms. The van der Waals surface area contributed by atoms with E-state index in [0.717, 1.165) is 38.0 Å². The highest BCUT2D eigenvalue weighted by Crippen LogP contribution is 2.30. The number of benzene rings is 1. The van der Waals surface area contributed by atoms with Crippen molar-refractivity contribution in [2.75, 3.05) is 6.61 Å². The predicted octanol–water partition coefficient (Wildman–Crippen LogP) is 3.50. The van der Waals surface area contributed by atoms with Crippen molar-refractivity contribution in [2.24, 2.45) is 5.92 Å². The van der Waals surface area contributed by atoms with Crippen LogP contribution in [0.1, 0.15) is 49.7 Å². The summed E-state index contributed by atoms with van der Waals surface area (Å²) in [6, 6.07) is 6.56. The molecule has 0 amide bonds. The lowest BCUT2D eigenvalue weighted by Gasteiger charge is -2.17. The van der Waals surface area contributed by atoms with Crippen molar-refractivity contribution in [2.45, 2.75) is 57.5 Å². The molecule has 1 unspecified atom stereocenters. The molecule has 1 aliphatic carbocycles. The fraction of sp³-hybridized carbons (Fsp3) is 0.647. The standard InChI is InChI=1S/C17H24O2/c18-16(14-5-1-2-6-14)7-3-4-13-8-9-17-15(12-13)10-11-19-17/h8-9,12,14,16,18H,1-7,10-11H2. The van der Waals surface area contributed by atoms with Gasteiger partial charge < -0.3 is 9.84 Å². The van der Waals surface area contributed by atoms with Gasteiger partial charge in [0, 0.05) is 6.42 Å². The highest BCUT2D eigenvalue weighted by atomic mass is 16.5. The lowest BCUT2D eigenvalue weighted by molar-refractivity contribution is 0.0998. The molecule has 0 saturated heterocycles. The highest BCUT2D eigenvalue weighted by molar-refractivity contribution is 5.39. The van der Waals surface area contributed by atoms with Gasteiger partial charge in [0.2, 0.25) is 0 Å². The van der Waals surface area contributed by atoms with Crippen LogP contribution in [0.5, 0.6) is 5.75 Å². The van der Waals surface area contributed by atoms with E-state index in [2.05, 4.69) is 18.2 Å². The van der Waals surface area contributed by atoms with Gasteiger partial charge in [-0.25, -0.2) is 0 Å². The molecule has 0 spiro atoms. The van der Waals surface area contributed by atoms with Crippen LogP contribution in [0, 0.1) is 5.92 Å². The van der Waals surface area contributed by atoms with E-state index >= 15 is 0 Å². The summed E-state index contributed by atoms with van der Waals surface area (Å²) in [5.41, 5.74) is 2.75. The molecule has 1 saturated carbocycles. The molecule has 1 heterocycles. The number of aryl methyl sites for hydroxylation is 1. The minimum atomic E-state index is -0.0692. The van der Waals surface area contributed by atoms with Crippen LogP contribution in [-0.2, 0) is 12.8 Å². The molecule has 1 aliphatic heterocycles. The van der Waals surface area contributed by atoms with E-state index in [1.165, 1.54) is 36.8 Å². The van der Waals surface area contributed by atoms with Crippen molar-refractivity contribution in [3.8, 4) is 5.75 Å². The van der Waals surface area contributed by atoms with E-state index in [1.807, 2.05) is 0 Å². The van der Waals surface area contributed by atoms with Crippen molar-refractivity contribution in [3.63, 3.8) is 0 Å². The Balaban J connectivity index is 1.47. The van der Waals surface area contributed by atoms with Crippen LogP contribution >= 0.6 is 0 Å². The third-order valence-corrected chi connectivity index (χ3v) is 4.66. The Bertz CT molecular complexity index is 421. The number of hydrogen-bond donors (Lipinski definition) is 1. The maximum atomic E-state index is 10.2. The van der Waals surface area contributed by atoms with Crippen LogP contribution in [0.15, 0.2) is 18.2 Å². The van der Waals surface area contributed by atoms with Crippen LogP contribution < -0.4 is 4.74 Å². The molecule has 0 radical (unpaired) electrons. The molecular formula is C17H24O2. The van der Waals surface area contributed by atoms with E-state index in [0.29, 0.717) is 5.92 Å². The zero-order chi connectivity index (χ0) is 13.1. The Hall–Kier alpha value is -1.02. The SMILES string of the molecule is OC(CCCc1ccc2c(c1)CCO2)C1CCCC1.